The number of aromatic nitrogens is 1. The van der Waals surface area contributed by atoms with E-state index in [0.29, 0.717) is 11.4 Å². The van der Waals surface area contributed by atoms with Gasteiger partial charge in [0.1, 0.15) is 12.7 Å². The van der Waals surface area contributed by atoms with Gasteiger partial charge < -0.3 is 25.1 Å². The van der Waals surface area contributed by atoms with Gasteiger partial charge in [0.15, 0.2) is 5.69 Å². The molecule has 0 aliphatic heterocycles. The van der Waals surface area contributed by atoms with Crippen LogP contribution in [0.25, 0.3) is 5.69 Å². The van der Waals surface area contributed by atoms with Crippen molar-refractivity contribution in [3.05, 3.63) is 41.2 Å². The summed E-state index contributed by atoms with van der Waals surface area (Å²) in [6.45, 7) is 1.76. The summed E-state index contributed by atoms with van der Waals surface area (Å²) in [5, 5.41) is 11.9. The average molecular weight is 342 g/mol. The fraction of sp³-hybridized carbons (Fsp3) is 0.235. The second-order valence-electron chi connectivity index (χ2n) is 5.26. The van der Waals surface area contributed by atoms with E-state index >= 15 is 0 Å². The number of rotatable bonds is 5. The third-order valence-corrected chi connectivity index (χ3v) is 3.58. The zero-order valence-electron chi connectivity index (χ0n) is 14.1. The molecule has 3 N–H and O–H groups in total. The molecule has 0 aliphatic rings. The maximum atomic E-state index is 12.0. The minimum Gasteiger partial charge on any atom is -0.464 e. The fourth-order valence-corrected chi connectivity index (χ4v) is 2.37. The second-order valence-corrected chi connectivity index (χ2v) is 5.26. The lowest BCUT2D eigenvalue weighted by molar-refractivity contribution is -0.119. The predicted octanol–water partition coefficient (Wildman–Crippen LogP) is 1.61. The van der Waals surface area contributed by atoms with Gasteiger partial charge in [-0.2, -0.15) is 5.26 Å². The highest BCUT2D eigenvalue weighted by atomic mass is 16.5. The number of nitrogen functional groups attached to an aromatic ring is 1. The molecule has 8 heteroatoms. The lowest BCUT2D eigenvalue weighted by Gasteiger charge is -2.12. The highest BCUT2D eigenvalue weighted by Crippen LogP contribution is 2.27. The Morgan fingerprint density at radius 3 is 2.64 bits per heavy atom. The topological polar surface area (TPSA) is 119 Å². The molecule has 2 aromatic rings. The number of nitrogens with two attached hydrogens (primary N) is 1. The van der Waals surface area contributed by atoms with Gasteiger partial charge in [-0.3, -0.25) is 4.79 Å². The number of ether oxygens (including phenoxy) is 2. The first-order chi connectivity index (χ1) is 11.9. The van der Waals surface area contributed by atoms with Gasteiger partial charge >= 0.3 is 5.97 Å². The Morgan fingerprint density at radius 1 is 1.36 bits per heavy atom. The molecule has 130 valence electrons. The van der Waals surface area contributed by atoms with Gasteiger partial charge in [0.2, 0.25) is 5.91 Å². The molecule has 1 aromatic carbocycles. The van der Waals surface area contributed by atoms with Crippen molar-refractivity contribution in [1.29, 1.82) is 5.26 Å². The summed E-state index contributed by atoms with van der Waals surface area (Å²) in [7, 11) is 2.68. The maximum Gasteiger partial charge on any atom is 0.357 e. The quantitative estimate of drug-likeness (QED) is 0.797. The van der Waals surface area contributed by atoms with Crippen molar-refractivity contribution in [3.63, 3.8) is 0 Å². The average Bonchev–Trinajstić information content (AvgIpc) is 2.92. The van der Waals surface area contributed by atoms with Crippen molar-refractivity contribution in [2.75, 3.05) is 31.9 Å². The molecule has 0 fully saturated rings. The maximum absolute atomic E-state index is 12.0. The molecule has 0 unspecified atom stereocenters. The van der Waals surface area contributed by atoms with E-state index in [1.165, 1.54) is 25.0 Å². The molecule has 8 nitrogen and oxygen atoms in total. The summed E-state index contributed by atoms with van der Waals surface area (Å²) in [5.41, 5.74) is 8.19. The number of amides is 1. The number of carbonyl (C=O) groups excluding carboxylic acids is 2. The van der Waals surface area contributed by atoms with Crippen molar-refractivity contribution in [3.8, 4) is 11.8 Å². The Bertz CT molecular complexity index is 864. The van der Waals surface area contributed by atoms with Crippen molar-refractivity contribution < 1.29 is 19.1 Å². The van der Waals surface area contributed by atoms with Gasteiger partial charge in [0.05, 0.1) is 18.4 Å². The smallest absolute Gasteiger partial charge is 0.357 e. The summed E-state index contributed by atoms with van der Waals surface area (Å²) >= 11 is 0. The first-order valence-corrected chi connectivity index (χ1v) is 7.32. The van der Waals surface area contributed by atoms with Gasteiger partial charge in [-0.15, -0.1) is 0 Å². The number of hydrogen-bond donors (Lipinski definition) is 2. The van der Waals surface area contributed by atoms with Crippen molar-refractivity contribution in [2.24, 2.45) is 0 Å². The summed E-state index contributed by atoms with van der Waals surface area (Å²) in [6, 6.07) is 7.10. The normalized spacial score (nSPS) is 10.2. The van der Waals surface area contributed by atoms with Crippen LogP contribution < -0.4 is 11.1 Å². The number of benzene rings is 1. The highest BCUT2D eigenvalue weighted by Gasteiger charge is 2.22. The van der Waals surface area contributed by atoms with Gasteiger partial charge in [-0.05, 0) is 30.7 Å². The molecule has 1 aromatic heterocycles. The van der Waals surface area contributed by atoms with Crippen LogP contribution in [-0.2, 0) is 14.3 Å². The molecular formula is C17H18N4O4. The molecule has 2 rings (SSSR count). The van der Waals surface area contributed by atoms with Gasteiger partial charge in [-0.25, -0.2) is 4.79 Å². The first kappa shape index (κ1) is 18.0. The molecule has 0 radical (unpaired) electrons. The standard InChI is InChI=1S/C17H18N4O4/c1-10-6-12(4-5-13(10)20-14(22)9-24-2)21-8-11(7-18)15(19)16(21)17(23)25-3/h4-6,8H,9,19H2,1-3H3,(H,20,22). The van der Waals surface area contributed by atoms with E-state index in [0.717, 1.165) is 5.56 Å². The van der Waals surface area contributed by atoms with Crippen molar-refractivity contribution in [1.82, 2.24) is 4.57 Å². The van der Waals surface area contributed by atoms with Crippen LogP contribution in [0.4, 0.5) is 11.4 Å². The predicted molar refractivity (Wildman–Crippen MR) is 91.5 cm³/mol. The molecular weight excluding hydrogens is 324 g/mol. The van der Waals surface area contributed by atoms with Crippen LogP contribution >= 0.6 is 0 Å². The fourth-order valence-electron chi connectivity index (χ4n) is 2.37. The van der Waals surface area contributed by atoms with Crippen LogP contribution in [-0.4, -0.2) is 37.3 Å². The van der Waals surface area contributed by atoms with E-state index in [2.05, 4.69) is 5.32 Å². The second kappa shape index (κ2) is 7.51. The van der Waals surface area contributed by atoms with Crippen LogP contribution in [0.5, 0.6) is 0 Å². The van der Waals surface area contributed by atoms with E-state index in [9.17, 15) is 9.59 Å². The van der Waals surface area contributed by atoms with E-state index in [1.807, 2.05) is 13.0 Å². The molecule has 0 bridgehead atoms. The number of anilines is 2. The van der Waals surface area contributed by atoms with Crippen LogP contribution in [0.2, 0.25) is 0 Å². The summed E-state index contributed by atoms with van der Waals surface area (Å²) < 4.78 is 11.0. The molecule has 1 amide bonds. The van der Waals surface area contributed by atoms with Crippen LogP contribution in [0, 0.1) is 18.3 Å². The third-order valence-electron chi connectivity index (χ3n) is 3.58. The first-order valence-electron chi connectivity index (χ1n) is 7.32. The lowest BCUT2D eigenvalue weighted by Crippen LogP contribution is -2.18. The zero-order chi connectivity index (χ0) is 18.6. The van der Waals surface area contributed by atoms with Crippen LogP contribution in [0.3, 0.4) is 0 Å². The zero-order valence-corrected chi connectivity index (χ0v) is 14.1. The number of nitrogens with one attached hydrogen (secondary N) is 1. The van der Waals surface area contributed by atoms with E-state index in [-0.39, 0.29) is 29.5 Å². The number of carbonyl (C=O) groups is 2. The Morgan fingerprint density at radius 2 is 2.08 bits per heavy atom. The Balaban J connectivity index is 2.46. The molecule has 0 spiro atoms. The number of methoxy groups -OCH3 is 2. The van der Waals surface area contributed by atoms with E-state index in [4.69, 9.17) is 20.5 Å². The SMILES string of the molecule is COCC(=O)Nc1ccc(-n2cc(C#N)c(N)c2C(=O)OC)cc1C. The summed E-state index contributed by atoms with van der Waals surface area (Å²) in [5.74, 6) is -0.917. The number of nitriles is 1. The largest absolute Gasteiger partial charge is 0.464 e. The molecule has 0 saturated carbocycles. The van der Waals surface area contributed by atoms with Crippen molar-refractivity contribution >= 4 is 23.3 Å². The number of nitrogens with zero attached hydrogens (tertiary/aromatic N) is 2. The van der Waals surface area contributed by atoms with E-state index in [1.54, 1.807) is 18.2 Å². The Kier molecular flexibility index (Phi) is 5.41. The molecule has 0 atom stereocenters. The lowest BCUT2D eigenvalue weighted by atomic mass is 10.1. The Labute approximate surface area is 144 Å². The Hall–Kier alpha value is -3.31. The van der Waals surface area contributed by atoms with E-state index < -0.39 is 5.97 Å². The van der Waals surface area contributed by atoms with Crippen LogP contribution in [0.15, 0.2) is 24.4 Å². The molecule has 0 saturated heterocycles. The number of hydrogen-bond acceptors (Lipinski definition) is 6. The molecule has 1 heterocycles. The third kappa shape index (κ3) is 3.62. The number of aryl methyl sites for hydroxylation is 1. The minimum atomic E-state index is -0.644. The summed E-state index contributed by atoms with van der Waals surface area (Å²) in [6.07, 6.45) is 1.47. The summed E-state index contributed by atoms with van der Waals surface area (Å²) in [4.78, 5) is 23.7. The van der Waals surface area contributed by atoms with Crippen LogP contribution in [0.1, 0.15) is 21.6 Å². The monoisotopic (exact) mass is 342 g/mol. The number of esters is 1. The van der Waals surface area contributed by atoms with Gasteiger partial charge in [0.25, 0.3) is 0 Å². The van der Waals surface area contributed by atoms with Crippen molar-refractivity contribution in [2.45, 2.75) is 6.92 Å². The highest BCUT2D eigenvalue weighted by molar-refractivity contribution is 5.96. The molecule has 25 heavy (non-hydrogen) atoms. The minimum absolute atomic E-state index is 0.0483. The van der Waals surface area contributed by atoms with Gasteiger partial charge in [-0.1, -0.05) is 0 Å². The van der Waals surface area contributed by atoms with Gasteiger partial charge in [0, 0.05) is 24.7 Å². The molecule has 0 aliphatic carbocycles.